The number of alkyl halides is 3. The van der Waals surface area contributed by atoms with Gasteiger partial charge in [0, 0.05) is 0 Å². The van der Waals surface area contributed by atoms with Crippen molar-refractivity contribution < 1.29 is 32.2 Å². The molecule has 0 bridgehead atoms. The SMILES string of the molecule is COC(=O)C(NC(=O)COc1ccccc1)C(F)(F)F. The molecule has 1 aromatic carbocycles. The molecule has 8 heteroatoms. The Balaban J connectivity index is 2.57. The molecule has 0 aromatic heterocycles. The van der Waals surface area contributed by atoms with Gasteiger partial charge in [-0.25, -0.2) is 4.79 Å². The lowest BCUT2D eigenvalue weighted by atomic mass is 10.3. The van der Waals surface area contributed by atoms with E-state index < -0.39 is 30.7 Å². The van der Waals surface area contributed by atoms with E-state index in [9.17, 15) is 22.8 Å². The number of carbonyl (C=O) groups excluding carboxylic acids is 2. The van der Waals surface area contributed by atoms with E-state index in [1.54, 1.807) is 18.2 Å². The Morgan fingerprint density at radius 3 is 2.35 bits per heavy atom. The molecule has 0 fully saturated rings. The first-order valence-electron chi connectivity index (χ1n) is 5.46. The van der Waals surface area contributed by atoms with E-state index in [2.05, 4.69) is 4.74 Å². The number of para-hydroxylation sites is 1. The molecule has 0 radical (unpaired) electrons. The van der Waals surface area contributed by atoms with Crippen LogP contribution in [0.2, 0.25) is 0 Å². The number of hydrogen-bond acceptors (Lipinski definition) is 4. The van der Waals surface area contributed by atoms with E-state index in [0.717, 1.165) is 7.11 Å². The normalized spacial score (nSPS) is 12.4. The third-order valence-electron chi connectivity index (χ3n) is 2.18. The standard InChI is InChI=1S/C12H12F3NO4/c1-19-11(18)10(12(13,14)15)16-9(17)7-20-8-5-3-2-4-6-8/h2-6,10H,7H2,1H3,(H,16,17). The van der Waals surface area contributed by atoms with Gasteiger partial charge in [-0.05, 0) is 12.1 Å². The summed E-state index contributed by atoms with van der Waals surface area (Å²) in [6.45, 7) is -0.645. The highest BCUT2D eigenvalue weighted by molar-refractivity contribution is 5.85. The van der Waals surface area contributed by atoms with Crippen LogP contribution in [0, 0.1) is 0 Å². The second-order valence-corrected chi connectivity index (χ2v) is 3.67. The van der Waals surface area contributed by atoms with Crippen LogP contribution in [0.3, 0.4) is 0 Å². The molecule has 0 heterocycles. The lowest BCUT2D eigenvalue weighted by molar-refractivity contribution is -0.184. The molecule has 5 nitrogen and oxygen atoms in total. The number of rotatable bonds is 5. The average Bonchev–Trinajstić information content (AvgIpc) is 2.41. The van der Waals surface area contributed by atoms with Gasteiger partial charge in [-0.2, -0.15) is 13.2 Å². The van der Waals surface area contributed by atoms with Gasteiger partial charge in [0.15, 0.2) is 6.61 Å². The molecular weight excluding hydrogens is 279 g/mol. The smallest absolute Gasteiger partial charge is 0.419 e. The van der Waals surface area contributed by atoms with Gasteiger partial charge in [0.25, 0.3) is 5.91 Å². The zero-order valence-corrected chi connectivity index (χ0v) is 10.4. The second kappa shape index (κ2) is 6.78. The molecule has 0 aliphatic rings. The van der Waals surface area contributed by atoms with Crippen LogP contribution < -0.4 is 10.1 Å². The summed E-state index contributed by atoms with van der Waals surface area (Å²) in [5, 5.41) is 1.51. The second-order valence-electron chi connectivity index (χ2n) is 3.67. The minimum atomic E-state index is -4.94. The highest BCUT2D eigenvalue weighted by Crippen LogP contribution is 2.21. The summed E-state index contributed by atoms with van der Waals surface area (Å²) in [5.74, 6) is -2.35. The maximum Gasteiger partial charge on any atom is 0.419 e. The van der Waals surface area contributed by atoms with Gasteiger partial charge in [0.1, 0.15) is 5.75 Å². The maximum absolute atomic E-state index is 12.5. The number of ether oxygens (including phenoxy) is 2. The van der Waals surface area contributed by atoms with Crippen LogP contribution in [0.15, 0.2) is 30.3 Å². The number of nitrogens with one attached hydrogen (secondary N) is 1. The van der Waals surface area contributed by atoms with Crippen LogP contribution in [0.4, 0.5) is 13.2 Å². The number of benzene rings is 1. The Bertz CT molecular complexity index is 462. The lowest BCUT2D eigenvalue weighted by Gasteiger charge is -2.19. The maximum atomic E-state index is 12.5. The average molecular weight is 291 g/mol. The molecule has 1 aromatic rings. The first kappa shape index (κ1) is 15.8. The number of esters is 1. The van der Waals surface area contributed by atoms with E-state index in [0.29, 0.717) is 5.75 Å². The molecule has 0 saturated carbocycles. The third kappa shape index (κ3) is 4.79. The minimum Gasteiger partial charge on any atom is -0.484 e. The molecule has 1 atom stereocenters. The lowest BCUT2D eigenvalue weighted by Crippen LogP contribution is -2.52. The minimum absolute atomic E-state index is 0.323. The van der Waals surface area contributed by atoms with Crippen LogP contribution in [0.5, 0.6) is 5.75 Å². The summed E-state index contributed by atoms with van der Waals surface area (Å²) in [6, 6.07) is 5.35. The van der Waals surface area contributed by atoms with Gasteiger partial charge in [0.2, 0.25) is 6.04 Å². The topological polar surface area (TPSA) is 64.6 Å². The van der Waals surface area contributed by atoms with Gasteiger partial charge < -0.3 is 14.8 Å². The molecule has 0 saturated heterocycles. The van der Waals surface area contributed by atoms with Crippen LogP contribution >= 0.6 is 0 Å². The number of hydrogen-bond donors (Lipinski definition) is 1. The Labute approximate surface area is 112 Å². The van der Waals surface area contributed by atoms with Crippen molar-refractivity contribution in [2.24, 2.45) is 0 Å². The molecule has 0 spiro atoms. The third-order valence-corrected chi connectivity index (χ3v) is 2.18. The van der Waals surface area contributed by atoms with E-state index in [4.69, 9.17) is 4.74 Å². The van der Waals surface area contributed by atoms with Gasteiger partial charge in [0.05, 0.1) is 7.11 Å². The molecular formula is C12H12F3NO4. The Morgan fingerprint density at radius 1 is 1.25 bits per heavy atom. The Hall–Kier alpha value is -2.25. The van der Waals surface area contributed by atoms with Crippen molar-refractivity contribution in [1.82, 2.24) is 5.32 Å². The summed E-state index contributed by atoms with van der Waals surface area (Å²) >= 11 is 0. The van der Waals surface area contributed by atoms with Crippen LogP contribution in [0.25, 0.3) is 0 Å². The van der Waals surface area contributed by atoms with Crippen molar-refractivity contribution in [2.45, 2.75) is 12.2 Å². The van der Waals surface area contributed by atoms with E-state index in [-0.39, 0.29) is 0 Å². The van der Waals surface area contributed by atoms with Gasteiger partial charge in [-0.1, -0.05) is 18.2 Å². The fraction of sp³-hybridized carbons (Fsp3) is 0.333. The Morgan fingerprint density at radius 2 is 1.85 bits per heavy atom. The molecule has 1 amide bonds. The predicted octanol–water partition coefficient (Wildman–Crippen LogP) is 1.29. The number of halogens is 3. The first-order chi connectivity index (χ1) is 9.34. The van der Waals surface area contributed by atoms with Crippen molar-refractivity contribution in [3.63, 3.8) is 0 Å². The number of methoxy groups -OCH3 is 1. The van der Waals surface area contributed by atoms with Crippen LogP contribution in [-0.2, 0) is 14.3 Å². The molecule has 0 aliphatic heterocycles. The zero-order valence-electron chi connectivity index (χ0n) is 10.4. The van der Waals surface area contributed by atoms with Crippen molar-refractivity contribution in [3.05, 3.63) is 30.3 Å². The molecule has 1 rings (SSSR count). The Kier molecular flexibility index (Phi) is 5.36. The van der Waals surface area contributed by atoms with Crippen LogP contribution in [-0.4, -0.2) is 37.8 Å². The van der Waals surface area contributed by atoms with Crippen molar-refractivity contribution in [2.75, 3.05) is 13.7 Å². The molecule has 1 N–H and O–H groups in total. The molecule has 110 valence electrons. The van der Waals surface area contributed by atoms with E-state index >= 15 is 0 Å². The monoisotopic (exact) mass is 291 g/mol. The van der Waals surface area contributed by atoms with Gasteiger partial charge in [-0.15, -0.1) is 0 Å². The summed E-state index contributed by atoms with van der Waals surface area (Å²) in [7, 11) is 0.799. The highest BCUT2D eigenvalue weighted by atomic mass is 19.4. The zero-order chi connectivity index (χ0) is 15.2. The molecule has 0 aliphatic carbocycles. The molecule has 1 unspecified atom stereocenters. The van der Waals surface area contributed by atoms with E-state index in [1.807, 2.05) is 0 Å². The number of amides is 1. The summed E-state index contributed by atoms with van der Waals surface area (Å²) in [6.07, 6.45) is -4.94. The quantitative estimate of drug-likeness (QED) is 0.830. The highest BCUT2D eigenvalue weighted by Gasteiger charge is 2.47. The molecule has 20 heavy (non-hydrogen) atoms. The fourth-order valence-corrected chi connectivity index (χ4v) is 1.26. The van der Waals surface area contributed by atoms with Crippen LogP contribution in [0.1, 0.15) is 0 Å². The first-order valence-corrected chi connectivity index (χ1v) is 5.46. The van der Waals surface area contributed by atoms with Crippen molar-refractivity contribution >= 4 is 11.9 Å². The van der Waals surface area contributed by atoms with Gasteiger partial charge >= 0.3 is 12.1 Å². The van der Waals surface area contributed by atoms with Crippen molar-refractivity contribution in [1.29, 1.82) is 0 Å². The number of carbonyl (C=O) groups is 2. The van der Waals surface area contributed by atoms with Gasteiger partial charge in [-0.3, -0.25) is 4.79 Å². The summed E-state index contributed by atoms with van der Waals surface area (Å²) in [5.41, 5.74) is 0. The fourth-order valence-electron chi connectivity index (χ4n) is 1.26. The van der Waals surface area contributed by atoms with E-state index in [1.165, 1.54) is 17.4 Å². The van der Waals surface area contributed by atoms with Crippen molar-refractivity contribution in [3.8, 4) is 5.75 Å². The summed E-state index contributed by atoms with van der Waals surface area (Å²) < 4.78 is 46.5. The largest absolute Gasteiger partial charge is 0.484 e. The predicted molar refractivity (Wildman–Crippen MR) is 61.9 cm³/mol. The summed E-state index contributed by atoms with van der Waals surface area (Å²) in [4.78, 5) is 22.3.